The average Bonchev–Trinajstić information content (AvgIpc) is 2.60. The van der Waals surface area contributed by atoms with Crippen molar-refractivity contribution >= 4 is 11.6 Å². The summed E-state index contributed by atoms with van der Waals surface area (Å²) in [6, 6.07) is 17.5. The second kappa shape index (κ2) is 6.84. The summed E-state index contributed by atoms with van der Waals surface area (Å²) in [5.74, 6) is 0.707. The molecule has 0 bridgehead atoms. The second-order valence-corrected chi connectivity index (χ2v) is 5.77. The molecule has 23 heavy (non-hydrogen) atoms. The molecule has 2 unspecified atom stereocenters. The molecule has 1 aliphatic rings. The topological polar surface area (TPSA) is 38.8 Å². The fourth-order valence-electron chi connectivity index (χ4n) is 2.70. The zero-order valence-electron chi connectivity index (χ0n) is 13.4. The van der Waals surface area contributed by atoms with Crippen molar-refractivity contribution in [3.63, 3.8) is 0 Å². The van der Waals surface area contributed by atoms with E-state index in [1.807, 2.05) is 61.5 Å². The Hall–Kier alpha value is -2.33. The number of hydrogen-bond donors (Lipinski definition) is 0. The summed E-state index contributed by atoms with van der Waals surface area (Å²) in [7, 11) is 0. The van der Waals surface area contributed by atoms with Crippen molar-refractivity contribution in [3.8, 4) is 5.75 Å². The van der Waals surface area contributed by atoms with E-state index in [-0.39, 0.29) is 11.9 Å². The standard InChI is InChI=1S/C19H21NO3/c1-14-12-23-18-11-7-6-10-17(18)20(14)19(21)15(2)22-13-16-8-4-3-5-9-16/h3-11,14-15H,12-13H2,1-2H3. The number of ether oxygens (including phenoxy) is 2. The summed E-state index contributed by atoms with van der Waals surface area (Å²) in [5, 5.41) is 0. The van der Waals surface area contributed by atoms with Gasteiger partial charge in [-0.25, -0.2) is 0 Å². The Balaban J connectivity index is 1.72. The molecule has 1 heterocycles. The third kappa shape index (κ3) is 3.37. The van der Waals surface area contributed by atoms with E-state index in [0.717, 1.165) is 17.0 Å². The Kier molecular flexibility index (Phi) is 4.63. The van der Waals surface area contributed by atoms with Crippen LogP contribution < -0.4 is 9.64 Å². The SMILES string of the molecule is CC(OCc1ccccc1)C(=O)N1c2ccccc2OCC1C. The molecule has 1 amide bonds. The molecule has 0 N–H and O–H groups in total. The van der Waals surface area contributed by atoms with Crippen molar-refractivity contribution in [1.82, 2.24) is 0 Å². The maximum absolute atomic E-state index is 12.8. The van der Waals surface area contributed by atoms with Gasteiger partial charge < -0.3 is 14.4 Å². The van der Waals surface area contributed by atoms with Gasteiger partial charge in [-0.3, -0.25) is 4.79 Å². The van der Waals surface area contributed by atoms with Crippen LogP contribution in [0.15, 0.2) is 54.6 Å². The van der Waals surface area contributed by atoms with E-state index < -0.39 is 6.10 Å². The Morgan fingerprint density at radius 3 is 2.70 bits per heavy atom. The van der Waals surface area contributed by atoms with Gasteiger partial charge >= 0.3 is 0 Å². The number of nitrogens with zero attached hydrogens (tertiary/aromatic N) is 1. The molecule has 0 radical (unpaired) electrons. The fraction of sp³-hybridized carbons (Fsp3) is 0.316. The van der Waals surface area contributed by atoms with E-state index in [9.17, 15) is 4.79 Å². The van der Waals surface area contributed by atoms with Crippen molar-refractivity contribution in [2.45, 2.75) is 32.6 Å². The van der Waals surface area contributed by atoms with E-state index >= 15 is 0 Å². The number of benzene rings is 2. The molecule has 2 aromatic carbocycles. The lowest BCUT2D eigenvalue weighted by molar-refractivity contribution is -0.130. The first-order valence-electron chi connectivity index (χ1n) is 7.87. The van der Waals surface area contributed by atoms with Gasteiger partial charge in [0.2, 0.25) is 0 Å². The molecule has 0 spiro atoms. The minimum atomic E-state index is -0.510. The van der Waals surface area contributed by atoms with Gasteiger partial charge in [0.05, 0.1) is 18.3 Å². The summed E-state index contributed by atoms with van der Waals surface area (Å²) in [4.78, 5) is 14.6. The molecule has 2 atom stereocenters. The minimum Gasteiger partial charge on any atom is -0.489 e. The molecule has 2 aromatic rings. The van der Waals surface area contributed by atoms with Gasteiger partial charge in [0.1, 0.15) is 18.5 Å². The van der Waals surface area contributed by atoms with E-state index in [1.165, 1.54) is 0 Å². The third-order valence-corrected chi connectivity index (χ3v) is 3.97. The van der Waals surface area contributed by atoms with E-state index in [1.54, 1.807) is 11.8 Å². The van der Waals surface area contributed by atoms with Crippen LogP contribution in [0.4, 0.5) is 5.69 Å². The highest BCUT2D eigenvalue weighted by Gasteiger charge is 2.32. The van der Waals surface area contributed by atoms with E-state index in [2.05, 4.69) is 0 Å². The first-order valence-corrected chi connectivity index (χ1v) is 7.87. The summed E-state index contributed by atoms with van der Waals surface area (Å²) >= 11 is 0. The van der Waals surface area contributed by atoms with Crippen LogP contribution in [0.1, 0.15) is 19.4 Å². The van der Waals surface area contributed by atoms with Gasteiger partial charge in [0.15, 0.2) is 0 Å². The zero-order chi connectivity index (χ0) is 16.2. The number of rotatable bonds is 4. The van der Waals surface area contributed by atoms with Gasteiger partial charge in [-0.05, 0) is 31.5 Å². The Labute approximate surface area is 136 Å². The number of amides is 1. The van der Waals surface area contributed by atoms with E-state index in [4.69, 9.17) is 9.47 Å². The Bertz CT molecular complexity index is 671. The molecule has 4 nitrogen and oxygen atoms in total. The molecular formula is C19H21NO3. The molecule has 0 fully saturated rings. The summed E-state index contributed by atoms with van der Waals surface area (Å²) in [6.45, 7) is 4.70. The summed E-state index contributed by atoms with van der Waals surface area (Å²) < 4.78 is 11.5. The van der Waals surface area contributed by atoms with Crippen molar-refractivity contribution < 1.29 is 14.3 Å². The van der Waals surface area contributed by atoms with Crippen LogP contribution in [-0.4, -0.2) is 24.7 Å². The molecule has 0 aromatic heterocycles. The van der Waals surface area contributed by atoms with Crippen LogP contribution in [0.2, 0.25) is 0 Å². The lowest BCUT2D eigenvalue weighted by Gasteiger charge is -2.36. The first-order chi connectivity index (χ1) is 11.2. The highest BCUT2D eigenvalue weighted by Crippen LogP contribution is 2.34. The smallest absolute Gasteiger partial charge is 0.256 e. The molecule has 120 valence electrons. The van der Waals surface area contributed by atoms with Gasteiger partial charge in [0, 0.05) is 0 Å². The molecule has 4 heteroatoms. The number of anilines is 1. The highest BCUT2D eigenvalue weighted by atomic mass is 16.5. The number of para-hydroxylation sites is 2. The zero-order valence-corrected chi connectivity index (χ0v) is 13.4. The van der Waals surface area contributed by atoms with Crippen LogP contribution >= 0.6 is 0 Å². The van der Waals surface area contributed by atoms with Crippen molar-refractivity contribution in [2.24, 2.45) is 0 Å². The van der Waals surface area contributed by atoms with Gasteiger partial charge in [-0.2, -0.15) is 0 Å². The van der Waals surface area contributed by atoms with E-state index in [0.29, 0.717) is 13.2 Å². The maximum Gasteiger partial charge on any atom is 0.256 e. The lowest BCUT2D eigenvalue weighted by Crippen LogP contribution is -2.49. The first kappa shape index (κ1) is 15.6. The van der Waals surface area contributed by atoms with Gasteiger partial charge in [0.25, 0.3) is 5.91 Å². The van der Waals surface area contributed by atoms with Gasteiger partial charge in [-0.1, -0.05) is 42.5 Å². The third-order valence-electron chi connectivity index (χ3n) is 3.97. The van der Waals surface area contributed by atoms with Crippen molar-refractivity contribution in [3.05, 3.63) is 60.2 Å². The largest absolute Gasteiger partial charge is 0.489 e. The quantitative estimate of drug-likeness (QED) is 0.868. The van der Waals surface area contributed by atoms with Crippen LogP contribution in [0.5, 0.6) is 5.75 Å². The van der Waals surface area contributed by atoms with Crippen molar-refractivity contribution in [1.29, 1.82) is 0 Å². The Morgan fingerprint density at radius 2 is 1.91 bits per heavy atom. The predicted molar refractivity (Wildman–Crippen MR) is 89.6 cm³/mol. The van der Waals surface area contributed by atoms with Crippen molar-refractivity contribution in [2.75, 3.05) is 11.5 Å². The summed E-state index contributed by atoms with van der Waals surface area (Å²) in [5.41, 5.74) is 1.87. The number of fused-ring (bicyclic) bond motifs is 1. The van der Waals surface area contributed by atoms with Crippen LogP contribution in [0, 0.1) is 0 Å². The molecule has 0 aliphatic carbocycles. The van der Waals surface area contributed by atoms with Gasteiger partial charge in [-0.15, -0.1) is 0 Å². The molecule has 3 rings (SSSR count). The maximum atomic E-state index is 12.8. The van der Waals surface area contributed by atoms with Crippen LogP contribution in [0.25, 0.3) is 0 Å². The predicted octanol–water partition coefficient (Wildman–Crippen LogP) is 3.41. The number of hydrogen-bond acceptors (Lipinski definition) is 3. The number of carbonyl (C=O) groups excluding carboxylic acids is 1. The summed E-state index contributed by atoms with van der Waals surface area (Å²) in [6.07, 6.45) is -0.510. The average molecular weight is 311 g/mol. The highest BCUT2D eigenvalue weighted by molar-refractivity contribution is 5.98. The van der Waals surface area contributed by atoms with Crippen LogP contribution in [-0.2, 0) is 16.1 Å². The second-order valence-electron chi connectivity index (χ2n) is 5.77. The molecule has 1 aliphatic heterocycles. The molecular weight excluding hydrogens is 290 g/mol. The monoisotopic (exact) mass is 311 g/mol. The normalized spacial score (nSPS) is 18.0. The molecule has 0 saturated carbocycles. The lowest BCUT2D eigenvalue weighted by atomic mass is 10.1. The minimum absolute atomic E-state index is 0.0137. The Morgan fingerprint density at radius 1 is 1.22 bits per heavy atom. The fourth-order valence-corrected chi connectivity index (χ4v) is 2.70. The number of carbonyl (C=O) groups is 1. The molecule has 0 saturated heterocycles. The van der Waals surface area contributed by atoms with Crippen LogP contribution in [0.3, 0.4) is 0 Å².